The molecule has 2 nitrogen and oxygen atoms in total. The van der Waals surface area contributed by atoms with Crippen LogP contribution in [0.4, 0.5) is 0 Å². The van der Waals surface area contributed by atoms with Crippen molar-refractivity contribution in [1.29, 1.82) is 0 Å². The Morgan fingerprint density at radius 3 is 2.33 bits per heavy atom. The largest absolute Gasteiger partial charge is 0.481 e. The van der Waals surface area contributed by atoms with Gasteiger partial charge < -0.3 is 5.11 Å². The van der Waals surface area contributed by atoms with E-state index in [-0.39, 0.29) is 0 Å². The maximum atomic E-state index is 10.6. The zero-order valence-corrected chi connectivity index (χ0v) is 8.21. The van der Waals surface area contributed by atoms with Crippen molar-refractivity contribution in [1.82, 2.24) is 0 Å². The molecule has 1 aromatic rings. The van der Waals surface area contributed by atoms with E-state index in [9.17, 15) is 4.79 Å². The Morgan fingerprint density at radius 1 is 1.42 bits per heavy atom. The molecule has 0 radical (unpaired) electrons. The van der Waals surface area contributed by atoms with Gasteiger partial charge in [-0.2, -0.15) is 0 Å². The van der Waals surface area contributed by atoms with Gasteiger partial charge in [0, 0.05) is 4.47 Å². The summed E-state index contributed by atoms with van der Waals surface area (Å²) in [4.78, 5) is 10.6. The predicted octanol–water partition coefficient (Wildman–Crippen LogP) is 2.64. The first kappa shape index (κ1) is 9.26. The van der Waals surface area contributed by atoms with Gasteiger partial charge >= 0.3 is 5.97 Å². The van der Waals surface area contributed by atoms with Crippen LogP contribution >= 0.6 is 15.9 Å². The van der Waals surface area contributed by atoms with Crippen LogP contribution in [-0.2, 0) is 4.79 Å². The van der Waals surface area contributed by atoms with E-state index in [0.29, 0.717) is 0 Å². The predicted molar refractivity (Wildman–Crippen MR) is 50.2 cm³/mol. The second-order valence-corrected chi connectivity index (χ2v) is 3.53. The van der Waals surface area contributed by atoms with Gasteiger partial charge in [-0.1, -0.05) is 28.1 Å². The molecule has 1 rings (SSSR count). The standard InChI is InChI=1S/C9H9BrO2/c1-6(9(11)12)7-2-4-8(10)5-3-7/h2-6H,1H3,(H,11,12)/t6-/m0/s1. The number of carbonyl (C=O) groups is 1. The topological polar surface area (TPSA) is 37.3 Å². The van der Waals surface area contributed by atoms with Crippen molar-refractivity contribution >= 4 is 21.9 Å². The van der Waals surface area contributed by atoms with Crippen molar-refractivity contribution in [2.24, 2.45) is 0 Å². The molecule has 0 unspecified atom stereocenters. The van der Waals surface area contributed by atoms with E-state index in [1.165, 1.54) is 0 Å². The highest BCUT2D eigenvalue weighted by atomic mass is 79.9. The highest BCUT2D eigenvalue weighted by molar-refractivity contribution is 9.10. The summed E-state index contributed by atoms with van der Waals surface area (Å²) in [5.41, 5.74) is 0.825. The molecular weight excluding hydrogens is 220 g/mol. The average molecular weight is 229 g/mol. The highest BCUT2D eigenvalue weighted by Gasteiger charge is 2.12. The third-order valence-corrected chi connectivity index (χ3v) is 2.27. The Labute approximate surface area is 79.3 Å². The zero-order valence-electron chi connectivity index (χ0n) is 6.62. The number of hydrogen-bond acceptors (Lipinski definition) is 1. The summed E-state index contributed by atoms with van der Waals surface area (Å²) in [6.07, 6.45) is 0. The number of halogens is 1. The van der Waals surface area contributed by atoms with E-state index in [4.69, 9.17) is 5.11 Å². The summed E-state index contributed by atoms with van der Waals surface area (Å²) in [6, 6.07) is 7.30. The monoisotopic (exact) mass is 228 g/mol. The van der Waals surface area contributed by atoms with Gasteiger partial charge in [-0.15, -0.1) is 0 Å². The molecule has 1 aromatic carbocycles. The summed E-state index contributed by atoms with van der Waals surface area (Å²) in [5, 5.41) is 8.69. The average Bonchev–Trinajstić information content (AvgIpc) is 2.04. The fraction of sp³-hybridized carbons (Fsp3) is 0.222. The van der Waals surface area contributed by atoms with Crippen LogP contribution in [0.15, 0.2) is 28.7 Å². The minimum atomic E-state index is -0.794. The second kappa shape index (κ2) is 3.72. The molecule has 0 bridgehead atoms. The van der Waals surface area contributed by atoms with Crippen LogP contribution in [0.3, 0.4) is 0 Å². The van der Waals surface area contributed by atoms with Crippen molar-refractivity contribution in [3.8, 4) is 0 Å². The molecule has 0 aliphatic rings. The molecule has 0 aliphatic heterocycles. The second-order valence-electron chi connectivity index (χ2n) is 2.61. The molecule has 0 heterocycles. The number of rotatable bonds is 2. The maximum absolute atomic E-state index is 10.6. The van der Waals surface area contributed by atoms with E-state index >= 15 is 0 Å². The maximum Gasteiger partial charge on any atom is 0.310 e. The van der Waals surface area contributed by atoms with Gasteiger partial charge in [-0.3, -0.25) is 4.79 Å². The first-order valence-corrected chi connectivity index (χ1v) is 4.39. The zero-order chi connectivity index (χ0) is 9.14. The Morgan fingerprint density at radius 2 is 1.92 bits per heavy atom. The molecule has 64 valence electrons. The van der Waals surface area contributed by atoms with Gasteiger partial charge in [0.15, 0.2) is 0 Å². The summed E-state index contributed by atoms with van der Waals surface area (Å²) in [6.45, 7) is 1.67. The normalized spacial score (nSPS) is 12.5. The van der Waals surface area contributed by atoms with Gasteiger partial charge in [0.05, 0.1) is 5.92 Å². The molecule has 1 atom stereocenters. The molecule has 0 saturated carbocycles. The van der Waals surface area contributed by atoms with Crippen LogP contribution in [-0.4, -0.2) is 11.1 Å². The van der Waals surface area contributed by atoms with Crippen molar-refractivity contribution in [3.63, 3.8) is 0 Å². The number of carboxylic acid groups (broad SMARTS) is 1. The quantitative estimate of drug-likeness (QED) is 0.846. The van der Waals surface area contributed by atoms with Crippen LogP contribution in [0, 0.1) is 0 Å². The minimum Gasteiger partial charge on any atom is -0.481 e. The molecular formula is C9H9BrO2. The van der Waals surface area contributed by atoms with E-state index in [2.05, 4.69) is 15.9 Å². The number of carboxylic acids is 1. The Hall–Kier alpha value is -0.830. The number of benzene rings is 1. The van der Waals surface area contributed by atoms with E-state index < -0.39 is 11.9 Å². The summed E-state index contributed by atoms with van der Waals surface area (Å²) in [7, 11) is 0. The van der Waals surface area contributed by atoms with Gasteiger partial charge in [0.2, 0.25) is 0 Å². The van der Waals surface area contributed by atoms with Crippen LogP contribution in [0.5, 0.6) is 0 Å². The van der Waals surface area contributed by atoms with Crippen molar-refractivity contribution < 1.29 is 9.90 Å². The lowest BCUT2D eigenvalue weighted by molar-refractivity contribution is -0.138. The van der Waals surface area contributed by atoms with Crippen LogP contribution in [0.2, 0.25) is 0 Å². The van der Waals surface area contributed by atoms with Gasteiger partial charge in [-0.05, 0) is 24.6 Å². The van der Waals surface area contributed by atoms with Crippen molar-refractivity contribution in [2.75, 3.05) is 0 Å². The lowest BCUT2D eigenvalue weighted by atomic mass is 10.0. The van der Waals surface area contributed by atoms with Crippen molar-refractivity contribution in [2.45, 2.75) is 12.8 Å². The number of hydrogen-bond donors (Lipinski definition) is 1. The highest BCUT2D eigenvalue weighted by Crippen LogP contribution is 2.18. The molecule has 1 N–H and O–H groups in total. The van der Waals surface area contributed by atoms with Crippen LogP contribution in [0.25, 0.3) is 0 Å². The molecule has 12 heavy (non-hydrogen) atoms. The van der Waals surface area contributed by atoms with E-state index in [1.54, 1.807) is 6.92 Å². The Balaban J connectivity index is 2.89. The minimum absolute atomic E-state index is 0.432. The molecule has 0 saturated heterocycles. The lowest BCUT2D eigenvalue weighted by Crippen LogP contribution is -2.06. The fourth-order valence-electron chi connectivity index (χ4n) is 0.894. The Bertz CT molecular complexity index is 279. The van der Waals surface area contributed by atoms with Gasteiger partial charge in [-0.25, -0.2) is 0 Å². The smallest absolute Gasteiger partial charge is 0.310 e. The molecule has 0 aliphatic carbocycles. The third-order valence-electron chi connectivity index (χ3n) is 1.74. The summed E-state index contributed by atoms with van der Waals surface area (Å²) in [5.74, 6) is -1.23. The summed E-state index contributed by atoms with van der Waals surface area (Å²) < 4.78 is 0.962. The molecule has 0 fully saturated rings. The fourth-order valence-corrected chi connectivity index (χ4v) is 1.16. The molecule has 0 aromatic heterocycles. The molecule has 3 heteroatoms. The SMILES string of the molecule is C[C@H](C(=O)O)c1ccc(Br)cc1. The lowest BCUT2D eigenvalue weighted by Gasteiger charge is -2.05. The first-order valence-electron chi connectivity index (χ1n) is 3.59. The van der Waals surface area contributed by atoms with Crippen molar-refractivity contribution in [3.05, 3.63) is 34.3 Å². The third kappa shape index (κ3) is 2.08. The number of aliphatic carboxylic acids is 1. The Kier molecular flexibility index (Phi) is 2.87. The van der Waals surface area contributed by atoms with Crippen LogP contribution < -0.4 is 0 Å². The van der Waals surface area contributed by atoms with Gasteiger partial charge in [0.25, 0.3) is 0 Å². The van der Waals surface area contributed by atoms with E-state index in [1.807, 2.05) is 24.3 Å². The first-order chi connectivity index (χ1) is 5.61. The van der Waals surface area contributed by atoms with Crippen LogP contribution in [0.1, 0.15) is 18.4 Å². The summed E-state index contributed by atoms with van der Waals surface area (Å²) >= 11 is 3.28. The van der Waals surface area contributed by atoms with E-state index in [0.717, 1.165) is 10.0 Å². The molecule has 0 amide bonds. The van der Waals surface area contributed by atoms with Gasteiger partial charge in [0.1, 0.15) is 0 Å². The molecule has 0 spiro atoms.